The molecule has 0 saturated heterocycles. The van der Waals surface area contributed by atoms with Crippen molar-refractivity contribution in [2.24, 2.45) is 5.73 Å². The van der Waals surface area contributed by atoms with Crippen LogP contribution in [0.2, 0.25) is 0 Å². The van der Waals surface area contributed by atoms with Crippen LogP contribution in [0.3, 0.4) is 0 Å². The van der Waals surface area contributed by atoms with Gasteiger partial charge in [-0.2, -0.15) is 0 Å². The van der Waals surface area contributed by atoms with Crippen LogP contribution in [0.15, 0.2) is 30.3 Å². The second kappa shape index (κ2) is 3.18. The zero-order valence-corrected chi connectivity index (χ0v) is 7.80. The molecule has 0 aromatic heterocycles. The van der Waals surface area contributed by atoms with Gasteiger partial charge < -0.3 is 10.5 Å². The third-order valence-corrected chi connectivity index (χ3v) is 2.19. The topological polar surface area (TPSA) is 35.2 Å². The monoisotopic (exact) mass is 191 g/mol. The lowest BCUT2D eigenvalue weighted by Gasteiger charge is -2.17. The van der Waals surface area contributed by atoms with Gasteiger partial charge in [-0.3, -0.25) is 0 Å². The minimum atomic E-state index is 0.427. The van der Waals surface area contributed by atoms with E-state index in [0.29, 0.717) is 11.6 Å². The molecule has 0 amide bonds. The molecule has 0 radical (unpaired) electrons. The number of hydrogen-bond acceptors (Lipinski definition) is 2. The van der Waals surface area contributed by atoms with Gasteiger partial charge in [0.2, 0.25) is 0 Å². The zero-order valence-electron chi connectivity index (χ0n) is 6.99. The highest BCUT2D eigenvalue weighted by atomic mass is 32.1. The van der Waals surface area contributed by atoms with Gasteiger partial charge in [0.05, 0.1) is 0 Å². The average molecular weight is 191 g/mol. The first-order chi connectivity index (χ1) is 6.29. The van der Waals surface area contributed by atoms with Crippen LogP contribution in [0.25, 0.3) is 5.57 Å². The second-order valence-corrected chi connectivity index (χ2v) is 3.23. The summed E-state index contributed by atoms with van der Waals surface area (Å²) in [6, 6.07) is 7.75. The maximum absolute atomic E-state index is 5.59. The molecule has 1 aliphatic heterocycles. The number of hydrogen-bond donors (Lipinski definition) is 1. The standard InChI is InChI=1S/C10H9NOS/c11-10(13)8-5-6-12-9-4-2-1-3-7(8)9/h1-5H,6H2,(H2,11,13). The Hall–Kier alpha value is -1.35. The fourth-order valence-electron chi connectivity index (χ4n) is 1.37. The first-order valence-corrected chi connectivity index (χ1v) is 4.42. The highest BCUT2D eigenvalue weighted by Crippen LogP contribution is 2.29. The predicted octanol–water partition coefficient (Wildman–Crippen LogP) is 1.75. The van der Waals surface area contributed by atoms with E-state index in [2.05, 4.69) is 0 Å². The van der Waals surface area contributed by atoms with E-state index >= 15 is 0 Å². The van der Waals surface area contributed by atoms with Crippen molar-refractivity contribution in [2.75, 3.05) is 6.61 Å². The summed E-state index contributed by atoms with van der Waals surface area (Å²) in [7, 11) is 0. The molecular weight excluding hydrogens is 182 g/mol. The van der Waals surface area contributed by atoms with Crippen LogP contribution in [0.4, 0.5) is 0 Å². The zero-order chi connectivity index (χ0) is 9.26. The van der Waals surface area contributed by atoms with Crippen LogP contribution < -0.4 is 10.5 Å². The van der Waals surface area contributed by atoms with Crippen molar-refractivity contribution in [3.05, 3.63) is 35.9 Å². The minimum Gasteiger partial charge on any atom is -0.489 e. The number of fused-ring (bicyclic) bond motifs is 1. The van der Waals surface area contributed by atoms with Crippen LogP contribution in [0.1, 0.15) is 5.56 Å². The van der Waals surface area contributed by atoms with E-state index in [-0.39, 0.29) is 0 Å². The normalized spacial score (nSPS) is 14.0. The summed E-state index contributed by atoms with van der Waals surface area (Å²) in [5, 5.41) is 0. The molecule has 1 aromatic carbocycles. The second-order valence-electron chi connectivity index (χ2n) is 2.79. The number of ether oxygens (including phenoxy) is 1. The maximum Gasteiger partial charge on any atom is 0.127 e. The molecule has 0 spiro atoms. The van der Waals surface area contributed by atoms with Crippen molar-refractivity contribution in [1.82, 2.24) is 0 Å². The summed E-state index contributed by atoms with van der Waals surface area (Å²) in [6.07, 6.45) is 1.91. The molecule has 0 aliphatic carbocycles. The molecule has 1 aromatic rings. The Bertz CT molecular complexity index is 384. The van der Waals surface area contributed by atoms with Gasteiger partial charge in [-0.05, 0) is 12.1 Å². The quantitative estimate of drug-likeness (QED) is 0.687. The molecule has 13 heavy (non-hydrogen) atoms. The van der Waals surface area contributed by atoms with E-state index in [4.69, 9.17) is 22.7 Å². The van der Waals surface area contributed by atoms with Gasteiger partial charge in [0.25, 0.3) is 0 Å². The molecule has 0 atom stereocenters. The van der Waals surface area contributed by atoms with Crippen LogP contribution in [-0.4, -0.2) is 11.6 Å². The number of nitrogens with two attached hydrogens (primary N) is 1. The summed E-state index contributed by atoms with van der Waals surface area (Å²) in [5.41, 5.74) is 7.49. The lowest BCUT2D eigenvalue weighted by molar-refractivity contribution is 0.358. The van der Waals surface area contributed by atoms with Crippen molar-refractivity contribution in [1.29, 1.82) is 0 Å². The van der Waals surface area contributed by atoms with Crippen molar-refractivity contribution >= 4 is 22.8 Å². The fraction of sp³-hybridized carbons (Fsp3) is 0.100. The van der Waals surface area contributed by atoms with Gasteiger partial charge in [0.15, 0.2) is 0 Å². The van der Waals surface area contributed by atoms with Crippen LogP contribution in [0.5, 0.6) is 5.75 Å². The van der Waals surface area contributed by atoms with Crippen molar-refractivity contribution in [3.63, 3.8) is 0 Å². The highest BCUT2D eigenvalue weighted by Gasteiger charge is 2.14. The Morgan fingerprint density at radius 1 is 1.38 bits per heavy atom. The van der Waals surface area contributed by atoms with Gasteiger partial charge in [-0.1, -0.05) is 30.4 Å². The summed E-state index contributed by atoms with van der Waals surface area (Å²) >= 11 is 4.95. The first-order valence-electron chi connectivity index (χ1n) is 4.01. The molecule has 1 aliphatic rings. The Morgan fingerprint density at radius 3 is 2.92 bits per heavy atom. The Morgan fingerprint density at radius 2 is 2.15 bits per heavy atom. The molecule has 0 unspecified atom stereocenters. The summed E-state index contributed by atoms with van der Waals surface area (Å²) in [6.45, 7) is 0.545. The number of benzene rings is 1. The third-order valence-electron chi connectivity index (χ3n) is 1.97. The first kappa shape index (κ1) is 8.26. The van der Waals surface area contributed by atoms with Crippen molar-refractivity contribution in [2.45, 2.75) is 0 Å². The van der Waals surface area contributed by atoms with Crippen LogP contribution in [0, 0.1) is 0 Å². The molecule has 2 nitrogen and oxygen atoms in total. The van der Waals surface area contributed by atoms with E-state index in [1.165, 1.54) is 0 Å². The molecule has 0 saturated carbocycles. The van der Waals surface area contributed by atoms with Crippen LogP contribution in [-0.2, 0) is 0 Å². The smallest absolute Gasteiger partial charge is 0.127 e. The number of rotatable bonds is 1. The fourth-order valence-corrected chi connectivity index (χ4v) is 1.57. The number of para-hydroxylation sites is 1. The Balaban J connectivity index is 2.53. The van der Waals surface area contributed by atoms with E-state index < -0.39 is 0 Å². The van der Waals surface area contributed by atoms with Gasteiger partial charge in [-0.15, -0.1) is 0 Å². The largest absolute Gasteiger partial charge is 0.489 e. The van der Waals surface area contributed by atoms with Crippen molar-refractivity contribution in [3.8, 4) is 5.75 Å². The minimum absolute atomic E-state index is 0.427. The summed E-state index contributed by atoms with van der Waals surface area (Å²) < 4.78 is 5.41. The molecule has 66 valence electrons. The highest BCUT2D eigenvalue weighted by molar-refractivity contribution is 7.81. The summed E-state index contributed by atoms with van der Waals surface area (Å²) in [5.74, 6) is 0.854. The Labute approximate surface area is 82.0 Å². The third kappa shape index (κ3) is 1.42. The molecule has 0 bridgehead atoms. The van der Waals surface area contributed by atoms with Crippen LogP contribution >= 0.6 is 12.2 Å². The lowest BCUT2D eigenvalue weighted by atomic mass is 10.0. The molecule has 2 rings (SSSR count). The van der Waals surface area contributed by atoms with E-state index in [0.717, 1.165) is 16.9 Å². The summed E-state index contributed by atoms with van der Waals surface area (Å²) in [4.78, 5) is 0.427. The maximum atomic E-state index is 5.59. The predicted molar refractivity (Wildman–Crippen MR) is 56.7 cm³/mol. The molecule has 2 N–H and O–H groups in total. The Kier molecular flexibility index (Phi) is 2.02. The number of thiocarbonyl (C=S) groups is 1. The van der Waals surface area contributed by atoms with E-state index in [9.17, 15) is 0 Å². The molecular formula is C10H9NOS. The molecule has 1 heterocycles. The van der Waals surface area contributed by atoms with Gasteiger partial charge >= 0.3 is 0 Å². The average Bonchev–Trinajstić information content (AvgIpc) is 2.17. The van der Waals surface area contributed by atoms with Crippen molar-refractivity contribution < 1.29 is 4.74 Å². The van der Waals surface area contributed by atoms with E-state index in [1.54, 1.807) is 0 Å². The molecule has 3 heteroatoms. The lowest BCUT2D eigenvalue weighted by Crippen LogP contribution is -2.15. The van der Waals surface area contributed by atoms with Gasteiger partial charge in [0.1, 0.15) is 17.3 Å². The SMILES string of the molecule is NC(=S)C1=CCOc2ccccc21. The van der Waals surface area contributed by atoms with Gasteiger partial charge in [0, 0.05) is 11.1 Å². The molecule has 0 fully saturated rings. The van der Waals surface area contributed by atoms with E-state index in [1.807, 2.05) is 30.3 Å². The van der Waals surface area contributed by atoms with Gasteiger partial charge in [-0.25, -0.2) is 0 Å².